The van der Waals surface area contributed by atoms with Crippen LogP contribution in [0.25, 0.3) is 0 Å². The molecule has 1 amide bonds. The number of amidine groups is 1. The average molecular weight is 302 g/mol. The van der Waals surface area contributed by atoms with Crippen LogP contribution in [0.3, 0.4) is 0 Å². The lowest BCUT2D eigenvalue weighted by molar-refractivity contribution is 0.0636. The summed E-state index contributed by atoms with van der Waals surface area (Å²) in [6.07, 6.45) is -0.705. The van der Waals surface area contributed by atoms with Gasteiger partial charge in [-0.3, -0.25) is 5.32 Å². The van der Waals surface area contributed by atoms with Gasteiger partial charge in [0.25, 0.3) is 0 Å². The fourth-order valence-electron chi connectivity index (χ4n) is 1.30. The van der Waals surface area contributed by atoms with E-state index in [2.05, 4.69) is 10.3 Å². The summed E-state index contributed by atoms with van der Waals surface area (Å²) < 4.78 is 18.3. The zero-order valence-electron chi connectivity index (χ0n) is 11.5. The van der Waals surface area contributed by atoms with Crippen molar-refractivity contribution in [3.8, 4) is 0 Å². The van der Waals surface area contributed by atoms with Crippen molar-refractivity contribution in [2.45, 2.75) is 26.4 Å². The van der Waals surface area contributed by atoms with Gasteiger partial charge in [0.15, 0.2) is 0 Å². The highest BCUT2D eigenvalue weighted by Gasteiger charge is 2.17. The fraction of sp³-hybridized carbons (Fsp3) is 0.385. The van der Waals surface area contributed by atoms with E-state index < -0.39 is 17.5 Å². The van der Waals surface area contributed by atoms with Crippen LogP contribution >= 0.6 is 11.6 Å². The molecule has 0 bridgehead atoms. The Morgan fingerprint density at radius 2 is 2.15 bits per heavy atom. The first-order valence-electron chi connectivity index (χ1n) is 5.90. The molecule has 1 aromatic carbocycles. The molecule has 0 atom stereocenters. The number of carbonyl (C=O) groups excluding carboxylic acids is 1. The van der Waals surface area contributed by atoms with Crippen LogP contribution in [0.5, 0.6) is 0 Å². The van der Waals surface area contributed by atoms with Crippen LogP contribution in [-0.4, -0.2) is 23.4 Å². The van der Waals surface area contributed by atoms with Crippen molar-refractivity contribution in [3.05, 3.63) is 24.0 Å². The molecule has 0 aliphatic rings. The summed E-state index contributed by atoms with van der Waals surface area (Å²) in [5.74, 6) is -0.326. The molecule has 0 unspecified atom stereocenters. The van der Waals surface area contributed by atoms with Crippen LogP contribution < -0.4 is 11.1 Å². The van der Waals surface area contributed by atoms with E-state index in [9.17, 15) is 9.18 Å². The molecule has 0 radical (unpaired) electrons. The Morgan fingerprint density at radius 1 is 1.50 bits per heavy atom. The maximum Gasteiger partial charge on any atom is 0.412 e. The van der Waals surface area contributed by atoms with Gasteiger partial charge in [0.05, 0.1) is 17.3 Å². The van der Waals surface area contributed by atoms with Crippen LogP contribution in [0.4, 0.5) is 20.6 Å². The van der Waals surface area contributed by atoms with Crippen LogP contribution in [0.15, 0.2) is 23.2 Å². The minimum Gasteiger partial charge on any atom is -0.444 e. The van der Waals surface area contributed by atoms with Crippen molar-refractivity contribution < 1.29 is 13.9 Å². The second-order valence-corrected chi connectivity index (χ2v) is 5.29. The third-order valence-electron chi connectivity index (χ3n) is 2.00. The van der Waals surface area contributed by atoms with Crippen molar-refractivity contribution >= 4 is 34.9 Å². The number of halogens is 2. The van der Waals surface area contributed by atoms with Gasteiger partial charge in [-0.15, -0.1) is 11.6 Å². The summed E-state index contributed by atoms with van der Waals surface area (Å²) in [6.45, 7) is 5.17. The molecule has 5 nitrogen and oxygen atoms in total. The summed E-state index contributed by atoms with van der Waals surface area (Å²) in [5.41, 5.74) is 5.33. The number of benzene rings is 1. The molecule has 0 aliphatic carbocycles. The van der Waals surface area contributed by atoms with Gasteiger partial charge in [0.2, 0.25) is 0 Å². The van der Waals surface area contributed by atoms with Gasteiger partial charge in [0.1, 0.15) is 17.3 Å². The van der Waals surface area contributed by atoms with Crippen molar-refractivity contribution in [1.82, 2.24) is 0 Å². The van der Waals surface area contributed by atoms with Gasteiger partial charge in [-0.2, -0.15) is 0 Å². The lowest BCUT2D eigenvalue weighted by atomic mass is 10.2. The Balaban J connectivity index is 2.98. The Kier molecular flexibility index (Phi) is 5.33. The molecule has 0 spiro atoms. The van der Waals surface area contributed by atoms with E-state index >= 15 is 0 Å². The summed E-state index contributed by atoms with van der Waals surface area (Å²) in [4.78, 5) is 15.7. The van der Waals surface area contributed by atoms with Gasteiger partial charge >= 0.3 is 6.09 Å². The number of rotatable bonds is 3. The topological polar surface area (TPSA) is 76.7 Å². The van der Waals surface area contributed by atoms with E-state index in [1.807, 2.05) is 0 Å². The predicted molar refractivity (Wildman–Crippen MR) is 78.3 cm³/mol. The number of hydrogen-bond donors (Lipinski definition) is 2. The third-order valence-corrected chi connectivity index (χ3v) is 2.27. The molecule has 0 fully saturated rings. The Hall–Kier alpha value is -1.82. The summed E-state index contributed by atoms with van der Waals surface area (Å²) in [5, 5.41) is 2.43. The molecule has 3 N–H and O–H groups in total. The van der Waals surface area contributed by atoms with Crippen molar-refractivity contribution in [2.75, 3.05) is 11.2 Å². The minimum absolute atomic E-state index is 0.0310. The van der Waals surface area contributed by atoms with Crippen LogP contribution in [0.2, 0.25) is 0 Å². The molecule has 0 saturated carbocycles. The molecule has 0 aromatic heterocycles. The lowest BCUT2D eigenvalue weighted by Gasteiger charge is -2.20. The number of ether oxygens (including phenoxy) is 1. The molecular weight excluding hydrogens is 285 g/mol. The zero-order valence-corrected chi connectivity index (χ0v) is 12.3. The summed E-state index contributed by atoms with van der Waals surface area (Å²) in [6, 6.07) is 3.73. The molecule has 7 heteroatoms. The first-order chi connectivity index (χ1) is 9.21. The molecule has 1 rings (SSSR count). The highest BCUT2D eigenvalue weighted by atomic mass is 35.5. The standard InChI is InChI=1S/C13H17ClFN3O2/c1-13(2,3)20-12(19)18-10-6-8(15)4-5-9(10)17-11(16)7-14/h4-6H,7H2,1-3H3,(H2,16,17)(H,18,19). The first-order valence-corrected chi connectivity index (χ1v) is 6.43. The van der Waals surface area contributed by atoms with Crippen molar-refractivity contribution in [2.24, 2.45) is 10.7 Å². The fourth-order valence-corrected chi connectivity index (χ4v) is 1.36. The summed E-state index contributed by atoms with van der Waals surface area (Å²) in [7, 11) is 0. The number of amides is 1. The average Bonchev–Trinajstić information content (AvgIpc) is 2.29. The van der Waals surface area contributed by atoms with E-state index in [0.717, 1.165) is 6.07 Å². The summed E-state index contributed by atoms with van der Waals surface area (Å²) >= 11 is 5.54. The maximum absolute atomic E-state index is 13.3. The van der Waals surface area contributed by atoms with Crippen molar-refractivity contribution in [1.29, 1.82) is 0 Å². The quantitative estimate of drug-likeness (QED) is 0.510. The molecule has 20 heavy (non-hydrogen) atoms. The first kappa shape index (κ1) is 16.2. The van der Waals surface area contributed by atoms with E-state index in [0.29, 0.717) is 5.69 Å². The molecule has 0 heterocycles. The van der Waals surface area contributed by atoms with Gasteiger partial charge in [-0.1, -0.05) is 0 Å². The van der Waals surface area contributed by atoms with E-state index in [-0.39, 0.29) is 17.4 Å². The van der Waals surface area contributed by atoms with Crippen LogP contribution in [0.1, 0.15) is 20.8 Å². The number of alkyl halides is 1. The largest absolute Gasteiger partial charge is 0.444 e. The van der Waals surface area contributed by atoms with Gasteiger partial charge in [0, 0.05) is 0 Å². The highest BCUT2D eigenvalue weighted by molar-refractivity contribution is 6.28. The van der Waals surface area contributed by atoms with Gasteiger partial charge in [-0.05, 0) is 39.0 Å². The maximum atomic E-state index is 13.3. The molecule has 0 saturated heterocycles. The second kappa shape index (κ2) is 6.56. The van der Waals surface area contributed by atoms with E-state index in [1.165, 1.54) is 12.1 Å². The number of nitrogens with one attached hydrogen (secondary N) is 1. The SMILES string of the molecule is CC(C)(C)OC(=O)Nc1cc(F)ccc1N=C(N)CCl. The smallest absolute Gasteiger partial charge is 0.412 e. The molecular formula is C13H17ClFN3O2. The zero-order chi connectivity index (χ0) is 15.3. The molecule has 0 aliphatic heterocycles. The van der Waals surface area contributed by atoms with Gasteiger partial charge in [-0.25, -0.2) is 14.2 Å². The Labute approximate surface area is 122 Å². The highest BCUT2D eigenvalue weighted by Crippen LogP contribution is 2.26. The normalized spacial score (nSPS) is 12.2. The predicted octanol–water partition coefficient (Wildman–Crippen LogP) is 3.40. The monoisotopic (exact) mass is 301 g/mol. The number of aliphatic imine (C=N–C) groups is 1. The van der Waals surface area contributed by atoms with Gasteiger partial charge < -0.3 is 10.5 Å². The number of nitrogens with two attached hydrogens (primary N) is 1. The minimum atomic E-state index is -0.705. The molecule has 110 valence electrons. The van der Waals surface area contributed by atoms with E-state index in [1.54, 1.807) is 20.8 Å². The molecule has 1 aromatic rings. The van der Waals surface area contributed by atoms with Crippen LogP contribution in [-0.2, 0) is 4.74 Å². The van der Waals surface area contributed by atoms with Crippen LogP contribution in [0, 0.1) is 5.82 Å². The second-order valence-electron chi connectivity index (χ2n) is 5.03. The Bertz CT molecular complexity index is 527. The lowest BCUT2D eigenvalue weighted by Crippen LogP contribution is -2.27. The number of hydrogen-bond acceptors (Lipinski definition) is 3. The number of nitrogens with zero attached hydrogens (tertiary/aromatic N) is 1. The number of carbonyl (C=O) groups is 1. The third kappa shape index (κ3) is 5.44. The Morgan fingerprint density at radius 3 is 2.70 bits per heavy atom. The number of anilines is 1. The van der Waals surface area contributed by atoms with Crippen molar-refractivity contribution in [3.63, 3.8) is 0 Å². The van der Waals surface area contributed by atoms with E-state index in [4.69, 9.17) is 22.1 Å².